The highest BCUT2D eigenvalue weighted by Crippen LogP contribution is 2.48. The monoisotopic (exact) mass is 617 g/mol. The summed E-state index contributed by atoms with van der Waals surface area (Å²) in [6.45, 7) is -0.636. The molecule has 2 aliphatic carbocycles. The van der Waals surface area contributed by atoms with E-state index < -0.39 is 76.7 Å². The first kappa shape index (κ1) is 31.0. The molecule has 1 aromatic rings. The van der Waals surface area contributed by atoms with Crippen molar-refractivity contribution < 1.29 is 49.9 Å². The van der Waals surface area contributed by atoms with Crippen LogP contribution in [0.3, 0.4) is 0 Å². The first-order chi connectivity index (χ1) is 19.5. The summed E-state index contributed by atoms with van der Waals surface area (Å²) in [5, 5.41) is 2.17. The molecule has 1 saturated carbocycles. The van der Waals surface area contributed by atoms with Crippen LogP contribution in [0.5, 0.6) is 0 Å². The second kappa shape index (κ2) is 11.4. The molecule has 2 fully saturated rings. The molecule has 12 nitrogen and oxygen atoms in total. The first-order valence-electron chi connectivity index (χ1n) is 12.6. The molecule has 0 radical (unpaired) electrons. The van der Waals surface area contributed by atoms with Crippen molar-refractivity contribution in [2.45, 2.75) is 44.1 Å². The second-order valence-electron chi connectivity index (χ2n) is 10.0. The van der Waals surface area contributed by atoms with Crippen molar-refractivity contribution in [3.8, 4) is 0 Å². The molecule has 1 aliphatic heterocycles. The van der Waals surface area contributed by atoms with Crippen LogP contribution in [-0.2, 0) is 31.1 Å². The number of benzene rings is 1. The molecule has 4 amide bonds. The molecule has 1 heterocycles. The summed E-state index contributed by atoms with van der Waals surface area (Å²) in [7, 11) is -3.05. The fraction of sp³-hybridized carbons (Fsp3) is 0.440. The summed E-state index contributed by atoms with van der Waals surface area (Å²) in [6.07, 6.45) is -2.71. The Kier molecular flexibility index (Phi) is 8.37. The average molecular weight is 618 g/mol. The molecule has 0 bridgehead atoms. The molecule has 17 heteroatoms. The van der Waals surface area contributed by atoms with Crippen molar-refractivity contribution in [2.75, 3.05) is 20.1 Å². The maximum Gasteiger partial charge on any atom is 0.411 e. The number of alkyl halides is 3. The maximum absolute atomic E-state index is 13.6. The molecular weight excluding hydrogens is 590 g/mol. The van der Waals surface area contributed by atoms with E-state index in [-0.39, 0.29) is 30.6 Å². The lowest BCUT2D eigenvalue weighted by atomic mass is 9.85. The predicted molar refractivity (Wildman–Crippen MR) is 137 cm³/mol. The van der Waals surface area contributed by atoms with Crippen LogP contribution < -0.4 is 14.8 Å². The van der Waals surface area contributed by atoms with Gasteiger partial charge in [0.1, 0.15) is 18.4 Å². The van der Waals surface area contributed by atoms with E-state index in [1.807, 2.05) is 4.72 Å². The van der Waals surface area contributed by atoms with Crippen LogP contribution in [0, 0.1) is 11.7 Å². The van der Waals surface area contributed by atoms with E-state index in [1.54, 1.807) is 4.72 Å². The SMILES string of the molecule is CNS(=O)(=O)NC(=O)NC1=CC=C2C(CCC23CN(CC(=O)N(Cc2ccc(F)cc2)[C@@H](C)C(F)(F)F)C(=O)O3)C1=O. The van der Waals surface area contributed by atoms with E-state index in [4.69, 9.17) is 4.74 Å². The van der Waals surface area contributed by atoms with E-state index >= 15 is 0 Å². The van der Waals surface area contributed by atoms with Crippen molar-refractivity contribution in [1.29, 1.82) is 0 Å². The summed E-state index contributed by atoms with van der Waals surface area (Å²) >= 11 is 0. The predicted octanol–water partition coefficient (Wildman–Crippen LogP) is 1.86. The van der Waals surface area contributed by atoms with Crippen LogP contribution in [0.25, 0.3) is 0 Å². The number of ketones is 1. The summed E-state index contributed by atoms with van der Waals surface area (Å²) in [6, 6.07) is 1.22. The molecule has 3 atom stereocenters. The van der Waals surface area contributed by atoms with Gasteiger partial charge >= 0.3 is 28.5 Å². The Labute approximate surface area is 237 Å². The lowest BCUT2D eigenvalue weighted by Crippen LogP contribution is -2.50. The molecule has 0 aromatic heterocycles. The van der Waals surface area contributed by atoms with Gasteiger partial charge in [-0.3, -0.25) is 14.5 Å². The number of rotatable bonds is 8. The topological polar surface area (TPSA) is 154 Å². The van der Waals surface area contributed by atoms with Crippen molar-refractivity contribution in [3.05, 3.63) is 59.1 Å². The Balaban J connectivity index is 1.50. The van der Waals surface area contributed by atoms with E-state index in [0.717, 1.165) is 31.0 Å². The molecule has 42 heavy (non-hydrogen) atoms. The highest BCUT2D eigenvalue weighted by Gasteiger charge is 2.56. The number of amides is 4. The third-order valence-electron chi connectivity index (χ3n) is 7.33. The van der Waals surface area contributed by atoms with E-state index in [1.165, 1.54) is 24.3 Å². The number of nitrogens with one attached hydrogen (secondary N) is 3. The minimum atomic E-state index is -4.78. The number of fused-ring (bicyclic) bond motifs is 2. The summed E-state index contributed by atoms with van der Waals surface area (Å²) < 4.78 is 86.3. The Bertz CT molecular complexity index is 1460. The minimum Gasteiger partial charge on any atom is -0.436 e. The second-order valence-corrected chi connectivity index (χ2v) is 11.6. The highest BCUT2D eigenvalue weighted by atomic mass is 32.2. The number of urea groups is 1. The average Bonchev–Trinajstić information content (AvgIpc) is 3.42. The van der Waals surface area contributed by atoms with Gasteiger partial charge in [0, 0.05) is 19.5 Å². The van der Waals surface area contributed by atoms with E-state index in [0.29, 0.717) is 10.5 Å². The van der Waals surface area contributed by atoms with Gasteiger partial charge in [-0.05, 0) is 49.1 Å². The third kappa shape index (κ3) is 6.41. The van der Waals surface area contributed by atoms with Gasteiger partial charge in [0.25, 0.3) is 0 Å². The number of halogens is 4. The number of Topliss-reactive ketones (excluding diaryl/α,β-unsaturated/α-hetero) is 1. The zero-order chi connectivity index (χ0) is 31.0. The lowest BCUT2D eigenvalue weighted by Gasteiger charge is -2.32. The Hall–Kier alpha value is -3.99. The molecule has 2 unspecified atom stereocenters. The van der Waals surface area contributed by atoms with E-state index in [2.05, 4.69) is 5.32 Å². The minimum absolute atomic E-state index is 0.158. The van der Waals surface area contributed by atoms with Gasteiger partial charge in [-0.1, -0.05) is 18.2 Å². The van der Waals surface area contributed by atoms with Gasteiger partial charge in [-0.2, -0.15) is 21.6 Å². The fourth-order valence-electron chi connectivity index (χ4n) is 5.10. The largest absolute Gasteiger partial charge is 0.436 e. The van der Waals surface area contributed by atoms with Crippen molar-refractivity contribution in [3.63, 3.8) is 0 Å². The Morgan fingerprint density at radius 1 is 1.19 bits per heavy atom. The first-order valence-corrected chi connectivity index (χ1v) is 14.1. The zero-order valence-electron chi connectivity index (χ0n) is 22.3. The van der Waals surface area contributed by atoms with Crippen LogP contribution in [-0.4, -0.2) is 80.0 Å². The standard InChI is InChI=1S/C25H27F4N5O7S/c1-14(25(27,28)29)34(11-15-3-5-16(26)6-4-15)20(35)12-33-13-24(41-23(33)38)10-9-17-18(24)7-8-19(21(17)36)31-22(37)32-42(39,40)30-2/h3-8,14,17,30H,9-13H2,1-2H3,(H2,31,32,37)/t14-,17?,24?/m0/s1. The van der Waals surface area contributed by atoms with Crippen LogP contribution in [0.2, 0.25) is 0 Å². The molecule has 1 saturated heterocycles. The van der Waals surface area contributed by atoms with Gasteiger partial charge < -0.3 is 15.0 Å². The Morgan fingerprint density at radius 2 is 1.86 bits per heavy atom. The van der Waals surface area contributed by atoms with Crippen molar-refractivity contribution >= 4 is 34.0 Å². The highest BCUT2D eigenvalue weighted by molar-refractivity contribution is 7.88. The smallest absolute Gasteiger partial charge is 0.411 e. The summed E-state index contributed by atoms with van der Waals surface area (Å²) in [5.41, 5.74) is -0.885. The van der Waals surface area contributed by atoms with Crippen molar-refractivity contribution in [1.82, 2.24) is 24.6 Å². The molecular formula is C25H27F4N5O7S. The third-order valence-corrected chi connectivity index (χ3v) is 8.33. The van der Waals surface area contributed by atoms with Crippen molar-refractivity contribution in [2.24, 2.45) is 5.92 Å². The number of carbonyl (C=O) groups is 4. The molecule has 4 rings (SSSR count). The van der Waals surface area contributed by atoms with Gasteiger partial charge in [-0.15, -0.1) is 0 Å². The molecule has 3 N–H and O–H groups in total. The maximum atomic E-state index is 13.6. The van der Waals surface area contributed by atoms with Gasteiger partial charge in [0.2, 0.25) is 5.91 Å². The molecule has 228 valence electrons. The number of ether oxygens (including phenoxy) is 1. The van der Waals surface area contributed by atoms with Crippen LogP contribution in [0.4, 0.5) is 27.2 Å². The fourth-order valence-corrected chi connectivity index (χ4v) is 5.50. The van der Waals surface area contributed by atoms with Crippen LogP contribution >= 0.6 is 0 Å². The van der Waals surface area contributed by atoms with Crippen LogP contribution in [0.1, 0.15) is 25.3 Å². The van der Waals surface area contributed by atoms with Gasteiger partial charge in [0.15, 0.2) is 11.4 Å². The van der Waals surface area contributed by atoms with E-state index in [9.17, 15) is 45.2 Å². The van der Waals surface area contributed by atoms with Crippen LogP contribution in [0.15, 0.2) is 47.7 Å². The molecule has 1 spiro atoms. The number of carbonyl (C=O) groups excluding carboxylic acids is 4. The quantitative estimate of drug-likeness (QED) is 0.377. The number of hydrogen-bond acceptors (Lipinski definition) is 7. The van der Waals surface area contributed by atoms with Gasteiger partial charge in [-0.25, -0.2) is 23.4 Å². The molecule has 3 aliphatic rings. The lowest BCUT2D eigenvalue weighted by molar-refractivity contribution is -0.187. The van der Waals surface area contributed by atoms with Gasteiger partial charge in [0.05, 0.1) is 12.2 Å². The Morgan fingerprint density at radius 3 is 2.48 bits per heavy atom. The normalized spacial score (nSPS) is 22.7. The summed E-state index contributed by atoms with van der Waals surface area (Å²) in [5.74, 6) is -3.00. The zero-order valence-corrected chi connectivity index (χ0v) is 23.1. The molecule has 1 aromatic carbocycles. The number of nitrogens with zero attached hydrogens (tertiary/aromatic N) is 2. The summed E-state index contributed by atoms with van der Waals surface area (Å²) in [4.78, 5) is 52.5. The number of hydrogen-bond donors (Lipinski definition) is 3. The number of allylic oxidation sites excluding steroid dienone is 3.